The maximum Gasteiger partial charge on any atom is 0.299 e. The van der Waals surface area contributed by atoms with Crippen LogP contribution in [0.5, 0.6) is 0 Å². The number of oxazole rings is 1. The molecule has 0 saturated carbocycles. The summed E-state index contributed by atoms with van der Waals surface area (Å²) in [4.78, 5) is 33.8. The van der Waals surface area contributed by atoms with Crippen LogP contribution in [0.4, 0.5) is 6.01 Å². The molecule has 3 N–H and O–H groups in total. The van der Waals surface area contributed by atoms with Gasteiger partial charge in [0.05, 0.1) is 5.56 Å². The minimum absolute atomic E-state index is 0.110. The summed E-state index contributed by atoms with van der Waals surface area (Å²) in [6, 6.07) is 6.65. The van der Waals surface area contributed by atoms with Gasteiger partial charge in [0.25, 0.3) is 11.9 Å². The third-order valence-electron chi connectivity index (χ3n) is 7.15. The summed E-state index contributed by atoms with van der Waals surface area (Å²) in [6.45, 7) is 0.667. The molecule has 1 aromatic carbocycles. The number of amides is 2. The van der Waals surface area contributed by atoms with Crippen LogP contribution in [-0.2, 0) is 4.79 Å². The van der Waals surface area contributed by atoms with Crippen molar-refractivity contribution in [3.05, 3.63) is 23.8 Å². The van der Waals surface area contributed by atoms with Gasteiger partial charge in [0, 0.05) is 24.7 Å². The zero-order valence-electron chi connectivity index (χ0n) is 17.3. The monoisotopic (exact) mass is 411 g/mol. The summed E-state index contributed by atoms with van der Waals surface area (Å²) < 4.78 is 5.91. The number of rotatable bonds is 4. The number of primary amides is 1. The van der Waals surface area contributed by atoms with E-state index in [-0.39, 0.29) is 17.9 Å². The van der Waals surface area contributed by atoms with E-state index in [0.717, 1.165) is 19.3 Å². The molecular weight excluding hydrogens is 382 g/mol. The van der Waals surface area contributed by atoms with Gasteiger partial charge in [-0.05, 0) is 57.7 Å². The standard InChI is InChI=1S/C22H29N5O3/c1-26-14-5-2-6-15(26)12-13(11-14)24-21(29)16-7-3-9-18-19(16)25-22(30-18)27-10-4-8-17(27)20(23)28/h3,7,9,13-15,17H,2,4-6,8,10-12H2,1H3,(H2,23,28)(H,24,29)/t13?,14?,15?,17-/m0/s1. The van der Waals surface area contributed by atoms with E-state index in [0.29, 0.717) is 47.7 Å². The number of carbonyl (C=O) groups is 2. The number of nitrogens with one attached hydrogen (secondary N) is 1. The number of para-hydroxylation sites is 1. The first-order chi connectivity index (χ1) is 14.5. The van der Waals surface area contributed by atoms with Crippen LogP contribution >= 0.6 is 0 Å². The van der Waals surface area contributed by atoms with Crippen molar-refractivity contribution in [2.45, 2.75) is 69.1 Å². The Morgan fingerprint density at radius 1 is 1.17 bits per heavy atom. The maximum atomic E-state index is 13.1. The Kier molecular flexibility index (Phi) is 4.89. The molecule has 3 saturated heterocycles. The average Bonchev–Trinajstić information content (AvgIpc) is 3.35. The summed E-state index contributed by atoms with van der Waals surface area (Å²) in [7, 11) is 2.21. The molecule has 2 aromatic rings. The molecule has 2 bridgehead atoms. The normalized spacial score (nSPS) is 29.3. The largest absolute Gasteiger partial charge is 0.423 e. The maximum absolute atomic E-state index is 13.1. The molecule has 0 radical (unpaired) electrons. The predicted molar refractivity (Wildman–Crippen MR) is 113 cm³/mol. The summed E-state index contributed by atoms with van der Waals surface area (Å²) in [6.07, 6.45) is 7.23. The quantitative estimate of drug-likeness (QED) is 0.798. The van der Waals surface area contributed by atoms with Crippen LogP contribution < -0.4 is 16.0 Å². The Balaban J connectivity index is 1.37. The average molecular weight is 412 g/mol. The summed E-state index contributed by atoms with van der Waals surface area (Å²) >= 11 is 0. The van der Waals surface area contributed by atoms with Gasteiger partial charge >= 0.3 is 0 Å². The molecule has 1 aromatic heterocycles. The molecule has 0 spiro atoms. The van der Waals surface area contributed by atoms with Crippen molar-refractivity contribution >= 4 is 28.9 Å². The number of nitrogens with zero attached hydrogens (tertiary/aromatic N) is 3. The third-order valence-corrected chi connectivity index (χ3v) is 7.15. The highest BCUT2D eigenvalue weighted by molar-refractivity contribution is 6.05. The molecule has 3 fully saturated rings. The molecule has 0 aliphatic carbocycles. The van der Waals surface area contributed by atoms with E-state index in [9.17, 15) is 9.59 Å². The number of aromatic nitrogens is 1. The molecule has 160 valence electrons. The minimum atomic E-state index is -0.408. The van der Waals surface area contributed by atoms with Crippen molar-refractivity contribution in [1.82, 2.24) is 15.2 Å². The smallest absolute Gasteiger partial charge is 0.299 e. The van der Waals surface area contributed by atoms with Crippen LogP contribution in [0.2, 0.25) is 0 Å². The van der Waals surface area contributed by atoms with Gasteiger partial charge in [-0.3, -0.25) is 9.59 Å². The second-order valence-corrected chi connectivity index (χ2v) is 8.95. The van der Waals surface area contributed by atoms with Crippen molar-refractivity contribution in [3.63, 3.8) is 0 Å². The first kappa shape index (κ1) is 19.4. The highest BCUT2D eigenvalue weighted by atomic mass is 16.4. The van der Waals surface area contributed by atoms with E-state index >= 15 is 0 Å². The van der Waals surface area contributed by atoms with Crippen LogP contribution in [0.15, 0.2) is 22.6 Å². The van der Waals surface area contributed by atoms with Crippen LogP contribution in [0.25, 0.3) is 11.1 Å². The number of hydrogen-bond acceptors (Lipinski definition) is 6. The molecule has 2 amide bonds. The zero-order chi connectivity index (χ0) is 20.8. The van der Waals surface area contributed by atoms with Gasteiger partial charge in [-0.15, -0.1) is 0 Å². The number of anilines is 1. The molecule has 2 unspecified atom stereocenters. The number of benzene rings is 1. The van der Waals surface area contributed by atoms with Gasteiger partial charge in [0.1, 0.15) is 11.6 Å². The zero-order valence-corrected chi connectivity index (χ0v) is 17.3. The Morgan fingerprint density at radius 3 is 2.67 bits per heavy atom. The van der Waals surface area contributed by atoms with Gasteiger partial charge < -0.3 is 25.3 Å². The topological polar surface area (TPSA) is 105 Å². The van der Waals surface area contributed by atoms with E-state index in [1.807, 2.05) is 11.0 Å². The molecular formula is C22H29N5O3. The van der Waals surface area contributed by atoms with Gasteiger partial charge in [0.15, 0.2) is 5.58 Å². The molecule has 4 heterocycles. The second-order valence-electron chi connectivity index (χ2n) is 8.95. The van der Waals surface area contributed by atoms with E-state index in [2.05, 4.69) is 22.2 Å². The Bertz CT molecular complexity index is 959. The van der Waals surface area contributed by atoms with Gasteiger partial charge in [-0.25, -0.2) is 0 Å². The van der Waals surface area contributed by atoms with E-state index in [1.54, 1.807) is 12.1 Å². The number of fused-ring (bicyclic) bond motifs is 3. The first-order valence-electron chi connectivity index (χ1n) is 11.0. The molecule has 30 heavy (non-hydrogen) atoms. The van der Waals surface area contributed by atoms with Crippen molar-refractivity contribution in [2.24, 2.45) is 5.73 Å². The van der Waals surface area contributed by atoms with E-state index < -0.39 is 6.04 Å². The van der Waals surface area contributed by atoms with Crippen molar-refractivity contribution in [2.75, 3.05) is 18.5 Å². The highest BCUT2D eigenvalue weighted by Crippen LogP contribution is 2.33. The molecule has 5 rings (SSSR count). The van der Waals surface area contributed by atoms with Crippen LogP contribution in [0.1, 0.15) is 55.3 Å². The lowest BCUT2D eigenvalue weighted by atomic mass is 9.82. The lowest BCUT2D eigenvalue weighted by Crippen LogP contribution is -2.55. The molecule has 8 nitrogen and oxygen atoms in total. The molecule has 8 heteroatoms. The van der Waals surface area contributed by atoms with E-state index in [1.165, 1.54) is 19.3 Å². The van der Waals surface area contributed by atoms with Gasteiger partial charge in [-0.1, -0.05) is 12.5 Å². The number of hydrogen-bond donors (Lipinski definition) is 2. The fourth-order valence-electron chi connectivity index (χ4n) is 5.53. The summed E-state index contributed by atoms with van der Waals surface area (Å²) in [5.74, 6) is -0.485. The minimum Gasteiger partial charge on any atom is -0.423 e. The van der Waals surface area contributed by atoms with Gasteiger partial charge in [0.2, 0.25) is 5.91 Å². The summed E-state index contributed by atoms with van der Waals surface area (Å²) in [5.41, 5.74) is 7.13. The first-order valence-corrected chi connectivity index (χ1v) is 11.0. The lowest BCUT2D eigenvalue weighted by molar-refractivity contribution is -0.119. The van der Waals surface area contributed by atoms with Crippen LogP contribution in [0, 0.1) is 0 Å². The fourth-order valence-corrected chi connectivity index (χ4v) is 5.53. The fraction of sp³-hybridized carbons (Fsp3) is 0.591. The van der Waals surface area contributed by atoms with Crippen LogP contribution in [-0.4, -0.2) is 59.5 Å². The SMILES string of the molecule is CN1C2CCCC1CC(NC(=O)c1cccc3oc(N4CCC[C@H]4C(N)=O)nc13)C2. The predicted octanol–water partition coefficient (Wildman–Crippen LogP) is 2.03. The lowest BCUT2D eigenvalue weighted by Gasteiger charge is -2.47. The number of piperidine rings is 2. The van der Waals surface area contributed by atoms with E-state index in [4.69, 9.17) is 10.2 Å². The Morgan fingerprint density at radius 2 is 1.93 bits per heavy atom. The van der Waals surface area contributed by atoms with Crippen molar-refractivity contribution < 1.29 is 14.0 Å². The highest BCUT2D eigenvalue weighted by Gasteiger charge is 2.37. The molecule has 3 aliphatic rings. The number of nitrogens with two attached hydrogens (primary N) is 1. The van der Waals surface area contributed by atoms with Crippen molar-refractivity contribution in [1.29, 1.82) is 0 Å². The second kappa shape index (κ2) is 7.58. The molecule has 3 atom stereocenters. The van der Waals surface area contributed by atoms with Crippen molar-refractivity contribution in [3.8, 4) is 0 Å². The van der Waals surface area contributed by atoms with Crippen LogP contribution in [0.3, 0.4) is 0 Å². The molecule has 3 aliphatic heterocycles. The third kappa shape index (κ3) is 3.33. The van der Waals surface area contributed by atoms with Gasteiger partial charge in [-0.2, -0.15) is 4.98 Å². The Labute approximate surface area is 175 Å². The summed E-state index contributed by atoms with van der Waals surface area (Å²) in [5, 5.41) is 3.25. The number of carbonyl (C=O) groups excluding carboxylic acids is 2. The Hall–Kier alpha value is -2.61.